The van der Waals surface area contributed by atoms with Gasteiger partial charge >= 0.3 is 0 Å². The first-order chi connectivity index (χ1) is 11.3. The van der Waals surface area contributed by atoms with Gasteiger partial charge in [0, 0.05) is 12.2 Å². The molecule has 0 aliphatic heterocycles. The molecule has 4 N–H and O–H groups in total. The molecule has 0 aliphatic carbocycles. The van der Waals surface area contributed by atoms with Crippen molar-refractivity contribution in [3.63, 3.8) is 0 Å². The Morgan fingerprint density at radius 3 is 2.27 bits per heavy atom. The molecule has 2 rings (SSSR count). The molecule has 0 unspecified atom stereocenters. The fourth-order valence-corrected chi connectivity index (χ4v) is 2.39. The number of halogens is 3. The van der Waals surface area contributed by atoms with Crippen LogP contribution in [-0.4, -0.2) is 11.9 Å². The molecule has 26 heavy (non-hydrogen) atoms. The van der Waals surface area contributed by atoms with E-state index in [1.165, 1.54) is 5.56 Å². The van der Waals surface area contributed by atoms with Crippen molar-refractivity contribution >= 4 is 53.7 Å². The van der Waals surface area contributed by atoms with Crippen LogP contribution in [0.3, 0.4) is 0 Å². The van der Waals surface area contributed by atoms with Crippen molar-refractivity contribution in [2.45, 2.75) is 33.4 Å². The van der Waals surface area contributed by atoms with Gasteiger partial charge in [0.25, 0.3) is 0 Å². The molecule has 144 valence electrons. The second kappa shape index (κ2) is 10.6. The van der Waals surface area contributed by atoms with E-state index < -0.39 is 6.04 Å². The molecule has 0 radical (unpaired) electrons. The summed E-state index contributed by atoms with van der Waals surface area (Å²) in [5.74, 6) is -0.219. The van der Waals surface area contributed by atoms with Crippen LogP contribution in [0, 0.1) is 5.41 Å². The molecule has 0 saturated carbocycles. The number of anilines is 2. The van der Waals surface area contributed by atoms with Crippen LogP contribution in [0.4, 0.5) is 11.4 Å². The van der Waals surface area contributed by atoms with Crippen LogP contribution in [0.15, 0.2) is 48.5 Å². The lowest BCUT2D eigenvalue weighted by Gasteiger charge is -2.25. The van der Waals surface area contributed by atoms with Gasteiger partial charge in [0.2, 0.25) is 5.91 Å². The van der Waals surface area contributed by atoms with Gasteiger partial charge in [-0.15, -0.1) is 24.8 Å². The van der Waals surface area contributed by atoms with Gasteiger partial charge in [-0.3, -0.25) is 4.79 Å². The van der Waals surface area contributed by atoms with E-state index in [2.05, 4.69) is 10.6 Å². The maximum absolute atomic E-state index is 12.2. The number of nitrogens with two attached hydrogens (primary N) is 1. The van der Waals surface area contributed by atoms with E-state index in [1.807, 2.05) is 63.2 Å². The largest absolute Gasteiger partial charge is 0.380 e. The standard InChI is InChI=1S/C19H24ClN3O.2ClH/c1-19(2,3)17(21)18(24)23-14-9-10-16(15(20)11-14)22-12-13-7-5-4-6-8-13;;/h4-11,17,22H,12,21H2,1-3H3,(H,23,24);2*1H/t17-;;/m1../s1. The highest BCUT2D eigenvalue weighted by atomic mass is 35.5. The molecular weight excluding hydrogens is 393 g/mol. The Kier molecular flexibility index (Phi) is 10.0. The van der Waals surface area contributed by atoms with Crippen LogP contribution in [-0.2, 0) is 11.3 Å². The molecular formula is C19H26Cl3N3O. The van der Waals surface area contributed by atoms with E-state index in [1.54, 1.807) is 6.07 Å². The van der Waals surface area contributed by atoms with Crippen molar-refractivity contribution in [1.82, 2.24) is 0 Å². The van der Waals surface area contributed by atoms with Crippen molar-refractivity contribution in [1.29, 1.82) is 0 Å². The molecule has 4 nitrogen and oxygen atoms in total. The van der Waals surface area contributed by atoms with Crippen LogP contribution < -0.4 is 16.4 Å². The zero-order valence-electron chi connectivity index (χ0n) is 15.1. The van der Waals surface area contributed by atoms with Gasteiger partial charge in [-0.1, -0.05) is 62.7 Å². The highest BCUT2D eigenvalue weighted by Crippen LogP contribution is 2.27. The summed E-state index contributed by atoms with van der Waals surface area (Å²) in [6.07, 6.45) is 0. The minimum Gasteiger partial charge on any atom is -0.380 e. The minimum atomic E-state index is -0.591. The molecule has 0 spiro atoms. The van der Waals surface area contributed by atoms with Crippen molar-refractivity contribution < 1.29 is 4.79 Å². The number of hydrogen-bond donors (Lipinski definition) is 3. The molecule has 0 aliphatic rings. The summed E-state index contributed by atoms with van der Waals surface area (Å²) in [7, 11) is 0. The molecule has 0 heterocycles. The first kappa shape index (κ1) is 24.5. The van der Waals surface area contributed by atoms with Crippen LogP contribution in [0.1, 0.15) is 26.3 Å². The summed E-state index contributed by atoms with van der Waals surface area (Å²) in [5.41, 5.74) is 8.29. The summed E-state index contributed by atoms with van der Waals surface area (Å²) >= 11 is 6.30. The monoisotopic (exact) mass is 417 g/mol. The normalized spacial score (nSPS) is 11.6. The third-order valence-corrected chi connectivity index (χ3v) is 4.09. The Bertz CT molecular complexity index is 703. The molecule has 0 bridgehead atoms. The number of nitrogens with one attached hydrogen (secondary N) is 2. The van der Waals surface area contributed by atoms with Gasteiger partial charge in [-0.2, -0.15) is 0 Å². The number of carbonyl (C=O) groups excluding carboxylic acids is 1. The predicted molar refractivity (Wildman–Crippen MR) is 116 cm³/mol. The molecule has 1 amide bonds. The van der Waals surface area contributed by atoms with E-state index in [0.29, 0.717) is 17.3 Å². The summed E-state index contributed by atoms with van der Waals surface area (Å²) in [6, 6.07) is 14.9. The lowest BCUT2D eigenvalue weighted by Crippen LogP contribution is -2.45. The molecule has 0 saturated heterocycles. The smallest absolute Gasteiger partial charge is 0.241 e. The van der Waals surface area contributed by atoms with Crippen molar-refractivity contribution in [3.8, 4) is 0 Å². The molecule has 0 aromatic heterocycles. The Morgan fingerprint density at radius 2 is 1.73 bits per heavy atom. The highest BCUT2D eigenvalue weighted by molar-refractivity contribution is 6.33. The third-order valence-electron chi connectivity index (χ3n) is 3.78. The Hall–Kier alpha value is -1.46. The molecule has 7 heteroatoms. The SMILES string of the molecule is CC(C)(C)[C@H](N)C(=O)Nc1ccc(NCc2ccccc2)c(Cl)c1.Cl.Cl. The van der Waals surface area contributed by atoms with Crippen LogP contribution in [0.2, 0.25) is 5.02 Å². The van der Waals surface area contributed by atoms with Crippen LogP contribution >= 0.6 is 36.4 Å². The van der Waals surface area contributed by atoms with Crippen molar-refractivity contribution in [3.05, 3.63) is 59.1 Å². The van der Waals surface area contributed by atoms with Crippen molar-refractivity contribution in [2.24, 2.45) is 11.1 Å². The fourth-order valence-electron chi connectivity index (χ4n) is 2.14. The second-order valence-electron chi connectivity index (χ2n) is 6.87. The number of benzene rings is 2. The van der Waals surface area contributed by atoms with E-state index in [9.17, 15) is 4.79 Å². The average Bonchev–Trinajstić information content (AvgIpc) is 2.53. The molecule has 2 aromatic rings. The van der Waals surface area contributed by atoms with Gasteiger partial charge in [-0.05, 0) is 29.2 Å². The fraction of sp³-hybridized carbons (Fsp3) is 0.316. The average molecular weight is 419 g/mol. The maximum atomic E-state index is 12.2. The topological polar surface area (TPSA) is 67.2 Å². The highest BCUT2D eigenvalue weighted by Gasteiger charge is 2.27. The van der Waals surface area contributed by atoms with E-state index in [-0.39, 0.29) is 36.1 Å². The molecule has 2 aromatic carbocycles. The Morgan fingerprint density at radius 1 is 1.12 bits per heavy atom. The Balaban J connectivity index is 0.00000312. The zero-order valence-corrected chi connectivity index (χ0v) is 17.5. The predicted octanol–water partition coefficient (Wildman–Crippen LogP) is 5.11. The van der Waals surface area contributed by atoms with Gasteiger partial charge < -0.3 is 16.4 Å². The second-order valence-corrected chi connectivity index (χ2v) is 7.27. The van der Waals surface area contributed by atoms with Gasteiger partial charge in [0.05, 0.1) is 16.8 Å². The van der Waals surface area contributed by atoms with Gasteiger partial charge in [0.15, 0.2) is 0 Å². The minimum absolute atomic E-state index is 0. The first-order valence-electron chi connectivity index (χ1n) is 7.91. The van der Waals surface area contributed by atoms with Crippen LogP contribution in [0.25, 0.3) is 0 Å². The summed E-state index contributed by atoms with van der Waals surface area (Å²) < 4.78 is 0. The quantitative estimate of drug-likeness (QED) is 0.632. The van der Waals surface area contributed by atoms with E-state index >= 15 is 0 Å². The molecule has 1 atom stereocenters. The number of amides is 1. The maximum Gasteiger partial charge on any atom is 0.241 e. The number of carbonyl (C=O) groups is 1. The number of rotatable bonds is 5. The van der Waals surface area contributed by atoms with Crippen LogP contribution in [0.5, 0.6) is 0 Å². The lowest BCUT2D eigenvalue weighted by atomic mass is 9.87. The Labute approximate surface area is 172 Å². The number of hydrogen-bond acceptors (Lipinski definition) is 3. The van der Waals surface area contributed by atoms with Gasteiger partial charge in [-0.25, -0.2) is 0 Å². The zero-order chi connectivity index (χ0) is 17.7. The summed E-state index contributed by atoms with van der Waals surface area (Å²) in [5, 5.41) is 6.65. The summed E-state index contributed by atoms with van der Waals surface area (Å²) in [4.78, 5) is 12.2. The van der Waals surface area contributed by atoms with Crippen molar-refractivity contribution in [2.75, 3.05) is 10.6 Å². The van der Waals surface area contributed by atoms with Gasteiger partial charge in [0.1, 0.15) is 0 Å². The molecule has 0 fully saturated rings. The lowest BCUT2D eigenvalue weighted by molar-refractivity contribution is -0.119. The third kappa shape index (κ3) is 7.04. The van der Waals surface area contributed by atoms with E-state index in [4.69, 9.17) is 17.3 Å². The summed E-state index contributed by atoms with van der Waals surface area (Å²) in [6.45, 7) is 6.48. The first-order valence-corrected chi connectivity index (χ1v) is 8.29. The van der Waals surface area contributed by atoms with E-state index in [0.717, 1.165) is 5.69 Å².